The average Bonchev–Trinajstić information content (AvgIpc) is 2.58. The second kappa shape index (κ2) is 10.5. The molecule has 7 nitrogen and oxygen atoms in total. The number of carbonyl (C=O) groups is 2. The molecule has 0 saturated heterocycles. The molecule has 0 spiro atoms. The number of ether oxygens (including phenoxy) is 3. The fourth-order valence-electron chi connectivity index (χ4n) is 2.17. The Morgan fingerprint density at radius 1 is 1.12 bits per heavy atom. The molecule has 0 aliphatic rings. The van der Waals surface area contributed by atoms with Gasteiger partial charge in [-0.1, -0.05) is 6.07 Å². The van der Waals surface area contributed by atoms with E-state index in [9.17, 15) is 9.59 Å². The molecule has 24 heavy (non-hydrogen) atoms. The van der Waals surface area contributed by atoms with Gasteiger partial charge in [0.2, 0.25) is 11.8 Å². The van der Waals surface area contributed by atoms with E-state index in [0.717, 1.165) is 5.56 Å². The Morgan fingerprint density at radius 2 is 1.83 bits per heavy atom. The predicted molar refractivity (Wildman–Crippen MR) is 90.4 cm³/mol. The number of nitrogens with one attached hydrogen (secondary N) is 1. The molecule has 134 valence electrons. The summed E-state index contributed by atoms with van der Waals surface area (Å²) in [6.45, 7) is 2.81. The zero-order valence-corrected chi connectivity index (χ0v) is 14.8. The highest BCUT2D eigenvalue weighted by Crippen LogP contribution is 2.27. The van der Waals surface area contributed by atoms with Crippen molar-refractivity contribution in [2.75, 3.05) is 47.6 Å². The molecule has 0 fully saturated rings. The first-order valence-electron chi connectivity index (χ1n) is 7.73. The van der Waals surface area contributed by atoms with Crippen LogP contribution in [-0.4, -0.2) is 64.3 Å². The van der Waals surface area contributed by atoms with E-state index in [-0.39, 0.29) is 18.4 Å². The number of benzene rings is 1. The van der Waals surface area contributed by atoms with Gasteiger partial charge in [-0.2, -0.15) is 0 Å². The van der Waals surface area contributed by atoms with Gasteiger partial charge >= 0.3 is 0 Å². The average molecular weight is 338 g/mol. The molecule has 1 aromatic rings. The molecule has 1 aromatic carbocycles. The first-order valence-corrected chi connectivity index (χ1v) is 7.73. The minimum Gasteiger partial charge on any atom is -0.493 e. The maximum absolute atomic E-state index is 11.8. The molecule has 0 saturated carbocycles. The normalized spacial score (nSPS) is 10.2. The Kier molecular flexibility index (Phi) is 8.64. The smallest absolute Gasteiger partial charge is 0.239 e. The van der Waals surface area contributed by atoms with Gasteiger partial charge in [0.05, 0.1) is 27.4 Å². The van der Waals surface area contributed by atoms with E-state index in [1.54, 1.807) is 21.3 Å². The van der Waals surface area contributed by atoms with Crippen LogP contribution in [0, 0.1) is 0 Å². The molecule has 2 amide bonds. The minimum absolute atomic E-state index is 0.0341. The summed E-state index contributed by atoms with van der Waals surface area (Å²) in [5, 5.41) is 2.71. The molecule has 1 N–H and O–H groups in total. The number of methoxy groups -OCH3 is 3. The highest BCUT2D eigenvalue weighted by atomic mass is 16.5. The number of nitrogens with zero attached hydrogens (tertiary/aromatic N) is 1. The van der Waals surface area contributed by atoms with Crippen molar-refractivity contribution in [3.8, 4) is 11.5 Å². The van der Waals surface area contributed by atoms with E-state index in [2.05, 4.69) is 5.32 Å². The summed E-state index contributed by atoms with van der Waals surface area (Å²) in [5.74, 6) is 0.954. The van der Waals surface area contributed by atoms with Crippen LogP contribution in [0.25, 0.3) is 0 Å². The van der Waals surface area contributed by atoms with Crippen molar-refractivity contribution in [3.63, 3.8) is 0 Å². The quantitative estimate of drug-likeness (QED) is 0.640. The molecule has 0 aliphatic heterocycles. The lowest BCUT2D eigenvalue weighted by molar-refractivity contribution is -0.134. The van der Waals surface area contributed by atoms with Crippen LogP contribution in [0.1, 0.15) is 12.5 Å². The van der Waals surface area contributed by atoms with Gasteiger partial charge in [-0.3, -0.25) is 9.59 Å². The lowest BCUT2D eigenvalue weighted by Crippen LogP contribution is -2.41. The fraction of sp³-hybridized carbons (Fsp3) is 0.529. The van der Waals surface area contributed by atoms with Crippen molar-refractivity contribution in [3.05, 3.63) is 23.8 Å². The molecule has 1 rings (SSSR count). The van der Waals surface area contributed by atoms with Crippen LogP contribution in [0.3, 0.4) is 0 Å². The Morgan fingerprint density at radius 3 is 2.42 bits per heavy atom. The molecule has 0 unspecified atom stereocenters. The molecule has 0 atom stereocenters. The standard InChI is InChI=1S/C17H26N2O5/c1-13(20)19(12-17(21)18-8-10-22-2)9-7-14-5-6-15(23-3)16(11-14)24-4/h5-6,11H,7-10,12H2,1-4H3,(H,18,21). The van der Waals surface area contributed by atoms with E-state index in [4.69, 9.17) is 14.2 Å². The highest BCUT2D eigenvalue weighted by Gasteiger charge is 2.14. The topological polar surface area (TPSA) is 77.1 Å². The molecule has 0 heterocycles. The van der Waals surface area contributed by atoms with Crippen molar-refractivity contribution >= 4 is 11.8 Å². The third-order valence-electron chi connectivity index (χ3n) is 3.53. The van der Waals surface area contributed by atoms with Crippen molar-refractivity contribution in [1.29, 1.82) is 0 Å². The largest absolute Gasteiger partial charge is 0.493 e. The summed E-state index contributed by atoms with van der Waals surface area (Å²) in [7, 11) is 4.72. The Labute approximate surface area is 142 Å². The molecule has 0 aliphatic carbocycles. The number of hydrogen-bond donors (Lipinski definition) is 1. The summed E-state index contributed by atoms with van der Waals surface area (Å²) >= 11 is 0. The summed E-state index contributed by atoms with van der Waals surface area (Å²) in [6.07, 6.45) is 0.616. The number of hydrogen-bond acceptors (Lipinski definition) is 5. The van der Waals surface area contributed by atoms with Crippen molar-refractivity contribution < 1.29 is 23.8 Å². The van der Waals surface area contributed by atoms with Crippen LogP contribution in [0.4, 0.5) is 0 Å². The summed E-state index contributed by atoms with van der Waals surface area (Å²) in [4.78, 5) is 25.1. The second-order valence-electron chi connectivity index (χ2n) is 5.22. The third-order valence-corrected chi connectivity index (χ3v) is 3.53. The maximum Gasteiger partial charge on any atom is 0.239 e. The zero-order chi connectivity index (χ0) is 17.9. The highest BCUT2D eigenvalue weighted by molar-refractivity contribution is 5.83. The van der Waals surface area contributed by atoms with E-state index >= 15 is 0 Å². The fourth-order valence-corrected chi connectivity index (χ4v) is 2.17. The SMILES string of the molecule is COCCNC(=O)CN(CCc1ccc(OC)c(OC)c1)C(C)=O. The molecular formula is C17H26N2O5. The van der Waals surface area contributed by atoms with Crippen LogP contribution < -0.4 is 14.8 Å². The zero-order valence-electron chi connectivity index (χ0n) is 14.8. The monoisotopic (exact) mass is 338 g/mol. The van der Waals surface area contributed by atoms with Crippen LogP contribution >= 0.6 is 0 Å². The van der Waals surface area contributed by atoms with Gasteiger partial charge in [0.25, 0.3) is 0 Å². The first-order chi connectivity index (χ1) is 11.5. The van der Waals surface area contributed by atoms with Gasteiger partial charge in [-0.15, -0.1) is 0 Å². The van der Waals surface area contributed by atoms with Crippen LogP contribution in [-0.2, 0) is 20.7 Å². The molecule has 0 bridgehead atoms. The van der Waals surface area contributed by atoms with Crippen molar-refractivity contribution in [2.24, 2.45) is 0 Å². The van der Waals surface area contributed by atoms with Gasteiger partial charge in [-0.25, -0.2) is 0 Å². The van der Waals surface area contributed by atoms with E-state index in [0.29, 0.717) is 37.6 Å². The summed E-state index contributed by atoms with van der Waals surface area (Å²) in [6, 6.07) is 5.61. The van der Waals surface area contributed by atoms with Gasteiger partial charge in [-0.05, 0) is 24.1 Å². The van der Waals surface area contributed by atoms with Crippen LogP contribution in [0.2, 0.25) is 0 Å². The number of carbonyl (C=O) groups excluding carboxylic acids is 2. The van der Waals surface area contributed by atoms with Gasteiger partial charge in [0, 0.05) is 27.1 Å². The van der Waals surface area contributed by atoms with E-state index in [1.807, 2.05) is 18.2 Å². The first kappa shape index (κ1) is 19.8. The molecule has 7 heteroatoms. The maximum atomic E-state index is 11.8. The van der Waals surface area contributed by atoms with Crippen LogP contribution in [0.5, 0.6) is 11.5 Å². The van der Waals surface area contributed by atoms with Gasteiger partial charge < -0.3 is 24.4 Å². The Bertz CT molecular complexity index is 548. The number of amides is 2. The lowest BCUT2D eigenvalue weighted by atomic mass is 10.1. The van der Waals surface area contributed by atoms with Gasteiger partial charge in [0.15, 0.2) is 11.5 Å². The minimum atomic E-state index is -0.199. The molecular weight excluding hydrogens is 312 g/mol. The van der Waals surface area contributed by atoms with Gasteiger partial charge in [0.1, 0.15) is 0 Å². The lowest BCUT2D eigenvalue weighted by Gasteiger charge is -2.21. The van der Waals surface area contributed by atoms with Crippen LogP contribution in [0.15, 0.2) is 18.2 Å². The number of rotatable bonds is 10. The van der Waals surface area contributed by atoms with E-state index in [1.165, 1.54) is 11.8 Å². The third kappa shape index (κ3) is 6.45. The van der Waals surface area contributed by atoms with Crippen molar-refractivity contribution in [2.45, 2.75) is 13.3 Å². The second-order valence-corrected chi connectivity index (χ2v) is 5.22. The predicted octanol–water partition coefficient (Wildman–Crippen LogP) is 0.857. The summed E-state index contributed by atoms with van der Waals surface area (Å²) < 4.78 is 15.3. The molecule has 0 radical (unpaired) electrons. The summed E-state index contributed by atoms with van der Waals surface area (Å²) in [5.41, 5.74) is 0.999. The molecule has 0 aromatic heterocycles. The van der Waals surface area contributed by atoms with Crippen molar-refractivity contribution in [1.82, 2.24) is 10.2 Å². The Hall–Kier alpha value is -2.28. The van der Waals surface area contributed by atoms with E-state index < -0.39 is 0 Å². The Balaban J connectivity index is 2.60.